The van der Waals surface area contributed by atoms with Crippen LogP contribution in [0.1, 0.15) is 18.4 Å². The highest BCUT2D eigenvalue weighted by molar-refractivity contribution is 5.79. The summed E-state index contributed by atoms with van der Waals surface area (Å²) in [5, 5.41) is 14.3. The Bertz CT molecular complexity index is 422. The number of amides is 1. The van der Waals surface area contributed by atoms with Crippen LogP contribution in [0, 0.1) is 0 Å². The second-order valence-corrected chi connectivity index (χ2v) is 4.34. The van der Waals surface area contributed by atoms with Crippen molar-refractivity contribution in [1.82, 2.24) is 10.6 Å². The minimum atomic E-state index is -1.06. The molecule has 0 fully saturated rings. The predicted molar refractivity (Wildman–Crippen MR) is 74.3 cm³/mol. The van der Waals surface area contributed by atoms with Crippen LogP contribution in [0.4, 0.5) is 4.79 Å². The number of benzene rings is 1. The first-order valence-electron chi connectivity index (χ1n) is 6.48. The Kier molecular flexibility index (Phi) is 7.13. The molecule has 0 saturated carbocycles. The summed E-state index contributed by atoms with van der Waals surface area (Å²) in [6.07, 6.45) is 0.300. The zero-order valence-electron chi connectivity index (χ0n) is 11.5. The number of hydrogen-bond donors (Lipinski definition) is 3. The molecule has 6 nitrogen and oxygen atoms in total. The number of carbonyl (C=O) groups excluding carboxylic acids is 1. The van der Waals surface area contributed by atoms with Gasteiger partial charge in [0.1, 0.15) is 12.6 Å². The standard InChI is InChI=1S/C14H20N2O4/c1-15-9-5-8-12(13(17)18)16-14(19)20-10-11-6-3-2-4-7-11/h2-4,6-7,12,15H,5,8-10H2,1H3,(H,16,19)(H,17,18). The summed E-state index contributed by atoms with van der Waals surface area (Å²) >= 11 is 0. The Balaban J connectivity index is 2.36. The molecule has 3 N–H and O–H groups in total. The average molecular weight is 280 g/mol. The largest absolute Gasteiger partial charge is 0.480 e. The lowest BCUT2D eigenvalue weighted by molar-refractivity contribution is -0.139. The molecule has 0 saturated heterocycles. The number of carboxylic acids is 1. The van der Waals surface area contributed by atoms with Crippen molar-refractivity contribution in [1.29, 1.82) is 0 Å². The number of aliphatic carboxylic acids is 1. The highest BCUT2D eigenvalue weighted by atomic mass is 16.5. The topological polar surface area (TPSA) is 87.7 Å². The van der Waals surface area contributed by atoms with Gasteiger partial charge in [0, 0.05) is 0 Å². The Morgan fingerprint density at radius 3 is 2.60 bits per heavy atom. The lowest BCUT2D eigenvalue weighted by Crippen LogP contribution is -2.41. The van der Waals surface area contributed by atoms with Gasteiger partial charge in [-0.25, -0.2) is 9.59 Å². The molecule has 1 rings (SSSR count). The number of nitrogens with one attached hydrogen (secondary N) is 2. The van der Waals surface area contributed by atoms with Crippen LogP contribution in [-0.2, 0) is 16.1 Å². The number of ether oxygens (including phenoxy) is 1. The molecule has 0 bridgehead atoms. The van der Waals surface area contributed by atoms with E-state index in [-0.39, 0.29) is 6.61 Å². The molecule has 0 heterocycles. The number of hydrogen-bond acceptors (Lipinski definition) is 4. The van der Waals surface area contributed by atoms with Crippen molar-refractivity contribution >= 4 is 12.1 Å². The van der Waals surface area contributed by atoms with Crippen molar-refractivity contribution < 1.29 is 19.4 Å². The average Bonchev–Trinajstić information content (AvgIpc) is 2.45. The number of carboxylic acid groups (broad SMARTS) is 1. The highest BCUT2D eigenvalue weighted by Crippen LogP contribution is 2.02. The van der Waals surface area contributed by atoms with Gasteiger partial charge in [-0.1, -0.05) is 30.3 Å². The van der Waals surface area contributed by atoms with Crippen molar-refractivity contribution in [3.63, 3.8) is 0 Å². The maximum atomic E-state index is 11.6. The Labute approximate surface area is 118 Å². The summed E-state index contributed by atoms with van der Waals surface area (Å²) < 4.78 is 4.99. The summed E-state index contributed by atoms with van der Waals surface area (Å²) in [5.41, 5.74) is 0.852. The summed E-state index contributed by atoms with van der Waals surface area (Å²) in [6.45, 7) is 0.819. The molecular formula is C14H20N2O4. The first kappa shape index (κ1) is 16.0. The van der Waals surface area contributed by atoms with E-state index >= 15 is 0 Å². The zero-order chi connectivity index (χ0) is 14.8. The number of rotatable bonds is 8. The molecule has 1 atom stereocenters. The number of alkyl carbamates (subject to hydrolysis) is 1. The van der Waals surface area contributed by atoms with Crippen molar-refractivity contribution in [3.8, 4) is 0 Å². The maximum Gasteiger partial charge on any atom is 0.408 e. The summed E-state index contributed by atoms with van der Waals surface area (Å²) in [4.78, 5) is 22.6. The SMILES string of the molecule is CNCCCC(NC(=O)OCc1ccccc1)C(=O)O. The lowest BCUT2D eigenvalue weighted by atomic mass is 10.1. The lowest BCUT2D eigenvalue weighted by Gasteiger charge is -2.14. The van der Waals surface area contributed by atoms with Crippen molar-refractivity contribution in [2.45, 2.75) is 25.5 Å². The van der Waals surface area contributed by atoms with Crippen LogP contribution < -0.4 is 10.6 Å². The van der Waals surface area contributed by atoms with E-state index < -0.39 is 18.1 Å². The first-order chi connectivity index (χ1) is 9.63. The van der Waals surface area contributed by atoms with Crippen LogP contribution in [0.25, 0.3) is 0 Å². The normalized spacial score (nSPS) is 11.7. The van der Waals surface area contributed by atoms with Crippen LogP contribution in [-0.4, -0.2) is 36.8 Å². The third-order valence-electron chi connectivity index (χ3n) is 2.72. The molecule has 0 aliphatic carbocycles. The van der Waals surface area contributed by atoms with E-state index in [9.17, 15) is 9.59 Å². The highest BCUT2D eigenvalue weighted by Gasteiger charge is 2.19. The van der Waals surface area contributed by atoms with E-state index in [4.69, 9.17) is 9.84 Å². The van der Waals surface area contributed by atoms with E-state index in [0.717, 1.165) is 5.56 Å². The summed E-state index contributed by atoms with van der Waals surface area (Å²) in [6, 6.07) is 8.28. The molecule has 0 aromatic heterocycles. The van der Waals surface area contributed by atoms with Gasteiger partial charge < -0.3 is 20.5 Å². The van der Waals surface area contributed by atoms with Gasteiger partial charge >= 0.3 is 12.1 Å². The van der Waals surface area contributed by atoms with Crippen LogP contribution in [0.3, 0.4) is 0 Å². The Hall–Kier alpha value is -2.08. The molecule has 1 aromatic carbocycles. The van der Waals surface area contributed by atoms with Crippen molar-refractivity contribution in [2.75, 3.05) is 13.6 Å². The van der Waals surface area contributed by atoms with Crippen LogP contribution in [0.5, 0.6) is 0 Å². The van der Waals surface area contributed by atoms with Crippen molar-refractivity contribution in [2.24, 2.45) is 0 Å². The molecule has 110 valence electrons. The van der Waals surface area contributed by atoms with Crippen molar-refractivity contribution in [3.05, 3.63) is 35.9 Å². The molecule has 0 radical (unpaired) electrons. The fourth-order valence-corrected chi connectivity index (χ4v) is 1.65. The third kappa shape index (κ3) is 6.19. The number of carbonyl (C=O) groups is 2. The van der Waals surface area contributed by atoms with Gasteiger partial charge in [0.25, 0.3) is 0 Å². The summed E-state index contributed by atoms with van der Waals surface area (Å²) in [7, 11) is 1.79. The van der Waals surface area contributed by atoms with Crippen LogP contribution >= 0.6 is 0 Å². The smallest absolute Gasteiger partial charge is 0.408 e. The molecule has 1 aromatic rings. The molecule has 0 aliphatic rings. The van der Waals surface area contributed by atoms with E-state index in [1.165, 1.54) is 0 Å². The molecule has 1 amide bonds. The van der Waals surface area contributed by atoms with Gasteiger partial charge in [0.15, 0.2) is 0 Å². The van der Waals surface area contributed by atoms with Gasteiger partial charge in [0.05, 0.1) is 0 Å². The van der Waals surface area contributed by atoms with E-state index in [0.29, 0.717) is 19.4 Å². The zero-order valence-corrected chi connectivity index (χ0v) is 11.5. The minimum Gasteiger partial charge on any atom is -0.480 e. The molecule has 1 unspecified atom stereocenters. The quantitative estimate of drug-likeness (QED) is 0.626. The maximum absolute atomic E-state index is 11.6. The predicted octanol–water partition coefficient (Wildman–Crippen LogP) is 1.37. The monoisotopic (exact) mass is 280 g/mol. The van der Waals surface area contributed by atoms with Gasteiger partial charge in [-0.3, -0.25) is 0 Å². The molecule has 0 spiro atoms. The van der Waals surface area contributed by atoms with Gasteiger partial charge in [-0.15, -0.1) is 0 Å². The summed E-state index contributed by atoms with van der Waals surface area (Å²) in [5.74, 6) is -1.06. The molecule has 6 heteroatoms. The molecule has 20 heavy (non-hydrogen) atoms. The van der Waals surface area contributed by atoms with Crippen LogP contribution in [0.2, 0.25) is 0 Å². The van der Waals surface area contributed by atoms with Gasteiger partial charge in [-0.05, 0) is 32.0 Å². The second kappa shape index (κ2) is 8.92. The van der Waals surface area contributed by atoms with E-state index in [2.05, 4.69) is 10.6 Å². The molecular weight excluding hydrogens is 260 g/mol. The Morgan fingerprint density at radius 1 is 1.30 bits per heavy atom. The third-order valence-corrected chi connectivity index (χ3v) is 2.72. The van der Waals surface area contributed by atoms with Crippen LogP contribution in [0.15, 0.2) is 30.3 Å². The van der Waals surface area contributed by atoms with Gasteiger partial charge in [0.2, 0.25) is 0 Å². The fraction of sp³-hybridized carbons (Fsp3) is 0.429. The second-order valence-electron chi connectivity index (χ2n) is 4.34. The van der Waals surface area contributed by atoms with Gasteiger partial charge in [-0.2, -0.15) is 0 Å². The Morgan fingerprint density at radius 2 is 2.00 bits per heavy atom. The fourth-order valence-electron chi connectivity index (χ4n) is 1.65. The van der Waals surface area contributed by atoms with E-state index in [1.54, 1.807) is 7.05 Å². The van der Waals surface area contributed by atoms with E-state index in [1.807, 2.05) is 30.3 Å². The molecule has 0 aliphatic heterocycles. The first-order valence-corrected chi connectivity index (χ1v) is 6.48. The minimum absolute atomic E-state index is 0.121.